The highest BCUT2D eigenvalue weighted by Crippen LogP contribution is 2.13. The van der Waals surface area contributed by atoms with E-state index in [0.717, 1.165) is 29.0 Å². The van der Waals surface area contributed by atoms with Crippen molar-refractivity contribution in [1.82, 2.24) is 20.0 Å². The molecule has 1 aromatic heterocycles. The van der Waals surface area contributed by atoms with Crippen molar-refractivity contribution in [2.75, 3.05) is 13.1 Å². The summed E-state index contributed by atoms with van der Waals surface area (Å²) >= 11 is 0. The third-order valence-electron chi connectivity index (χ3n) is 4.20. The van der Waals surface area contributed by atoms with Gasteiger partial charge in [0.2, 0.25) is 15.9 Å². The number of nitrogens with one attached hydrogen (secondary N) is 3. The van der Waals surface area contributed by atoms with E-state index < -0.39 is 26.6 Å². The van der Waals surface area contributed by atoms with Crippen molar-refractivity contribution in [3.8, 4) is 0 Å². The topological polar surface area (TPSA) is 104 Å². The van der Waals surface area contributed by atoms with Gasteiger partial charge in [-0.2, -0.15) is 0 Å². The summed E-state index contributed by atoms with van der Waals surface area (Å²) in [6, 6.07) is 9.97. The van der Waals surface area contributed by atoms with E-state index in [4.69, 9.17) is 0 Å². The average molecular weight is 422 g/mol. The van der Waals surface area contributed by atoms with E-state index >= 15 is 0 Å². The van der Waals surface area contributed by atoms with Crippen molar-refractivity contribution >= 4 is 27.0 Å². The van der Waals surface area contributed by atoms with Crippen LogP contribution < -0.4 is 10.0 Å². The Labute approximate surface area is 166 Å². The molecule has 0 unspecified atom stereocenters. The summed E-state index contributed by atoms with van der Waals surface area (Å²) in [6.45, 7) is 0.266. The Balaban J connectivity index is 1.37. The minimum absolute atomic E-state index is 0.0758. The van der Waals surface area contributed by atoms with Gasteiger partial charge in [-0.05, 0) is 36.8 Å². The van der Waals surface area contributed by atoms with Crippen LogP contribution in [-0.2, 0) is 21.2 Å². The van der Waals surface area contributed by atoms with Crippen LogP contribution in [0.5, 0.6) is 0 Å². The van der Waals surface area contributed by atoms with Crippen LogP contribution in [0.25, 0.3) is 11.0 Å². The molecule has 1 amide bonds. The molecule has 3 rings (SSSR count). The van der Waals surface area contributed by atoms with Crippen molar-refractivity contribution in [2.24, 2.45) is 0 Å². The first-order chi connectivity index (χ1) is 13.8. The number of aromatic nitrogens is 2. The van der Waals surface area contributed by atoms with Crippen LogP contribution in [0.2, 0.25) is 0 Å². The van der Waals surface area contributed by atoms with Gasteiger partial charge in [-0.3, -0.25) is 4.79 Å². The van der Waals surface area contributed by atoms with Gasteiger partial charge in [0.05, 0.1) is 15.9 Å². The predicted molar refractivity (Wildman–Crippen MR) is 104 cm³/mol. The molecule has 10 heteroatoms. The van der Waals surface area contributed by atoms with Crippen molar-refractivity contribution in [1.29, 1.82) is 0 Å². The molecule has 0 aliphatic heterocycles. The zero-order chi connectivity index (χ0) is 20.9. The van der Waals surface area contributed by atoms with Crippen LogP contribution in [0.15, 0.2) is 47.4 Å². The Hall–Kier alpha value is -2.85. The van der Waals surface area contributed by atoms with Gasteiger partial charge in [-0.1, -0.05) is 12.1 Å². The lowest BCUT2D eigenvalue weighted by Gasteiger charge is -2.08. The normalized spacial score (nSPS) is 11.7. The number of rotatable bonds is 9. The largest absolute Gasteiger partial charge is 0.356 e. The first kappa shape index (κ1) is 20.9. The molecule has 0 aliphatic rings. The molecule has 29 heavy (non-hydrogen) atoms. The molecule has 0 saturated carbocycles. The molecule has 7 nitrogen and oxygen atoms in total. The van der Waals surface area contributed by atoms with E-state index in [0.29, 0.717) is 25.5 Å². The van der Waals surface area contributed by atoms with Crippen LogP contribution in [0.4, 0.5) is 8.78 Å². The number of benzene rings is 2. The molecule has 2 aromatic carbocycles. The molecule has 0 radical (unpaired) electrons. The first-order valence-electron chi connectivity index (χ1n) is 9.00. The van der Waals surface area contributed by atoms with Crippen LogP contribution >= 0.6 is 0 Å². The van der Waals surface area contributed by atoms with E-state index in [2.05, 4.69) is 20.0 Å². The average Bonchev–Trinajstić information content (AvgIpc) is 3.10. The highest BCUT2D eigenvalue weighted by molar-refractivity contribution is 7.89. The Morgan fingerprint density at radius 2 is 1.86 bits per heavy atom. The molecular formula is C19H20F2N4O3S. The molecule has 3 N–H and O–H groups in total. The van der Waals surface area contributed by atoms with Gasteiger partial charge in [-0.25, -0.2) is 26.9 Å². The fourth-order valence-electron chi connectivity index (χ4n) is 2.72. The quantitative estimate of drug-likeness (QED) is 0.460. The number of para-hydroxylation sites is 2. The molecule has 0 aliphatic carbocycles. The number of aryl methyl sites for hydroxylation is 1. The van der Waals surface area contributed by atoms with Crippen LogP contribution in [0.1, 0.15) is 18.7 Å². The summed E-state index contributed by atoms with van der Waals surface area (Å²) in [7, 11) is -4.02. The molecule has 0 bridgehead atoms. The van der Waals surface area contributed by atoms with Gasteiger partial charge < -0.3 is 10.3 Å². The molecule has 0 spiro atoms. The summed E-state index contributed by atoms with van der Waals surface area (Å²) in [6.07, 6.45) is 1.26. The van der Waals surface area contributed by atoms with Gasteiger partial charge in [0.15, 0.2) is 11.6 Å². The van der Waals surface area contributed by atoms with Gasteiger partial charge in [-0.15, -0.1) is 0 Å². The summed E-state index contributed by atoms with van der Waals surface area (Å²) in [5.41, 5.74) is 1.85. The molecular weight excluding hydrogens is 402 g/mol. The fraction of sp³-hybridized carbons (Fsp3) is 0.263. The van der Waals surface area contributed by atoms with E-state index in [1.54, 1.807) is 0 Å². The zero-order valence-electron chi connectivity index (χ0n) is 15.4. The maximum Gasteiger partial charge on any atom is 0.240 e. The Morgan fingerprint density at radius 1 is 1.07 bits per heavy atom. The van der Waals surface area contributed by atoms with Gasteiger partial charge in [0, 0.05) is 25.9 Å². The number of H-pyrrole nitrogens is 1. The summed E-state index contributed by atoms with van der Waals surface area (Å²) in [5.74, 6) is -1.87. The Bertz CT molecular complexity index is 1080. The van der Waals surface area contributed by atoms with E-state index in [1.165, 1.54) is 0 Å². The van der Waals surface area contributed by atoms with Crippen LogP contribution in [0.3, 0.4) is 0 Å². The number of imidazole rings is 1. The number of fused-ring (bicyclic) bond motifs is 1. The minimum Gasteiger partial charge on any atom is -0.356 e. The Kier molecular flexibility index (Phi) is 6.55. The fourth-order valence-corrected chi connectivity index (χ4v) is 3.77. The second-order valence-corrected chi connectivity index (χ2v) is 8.14. The molecule has 0 atom stereocenters. The van der Waals surface area contributed by atoms with Crippen molar-refractivity contribution in [2.45, 2.75) is 24.2 Å². The first-order valence-corrected chi connectivity index (χ1v) is 10.5. The minimum atomic E-state index is -4.02. The summed E-state index contributed by atoms with van der Waals surface area (Å²) in [4.78, 5) is 19.1. The number of hydrogen-bond donors (Lipinski definition) is 3. The van der Waals surface area contributed by atoms with E-state index in [-0.39, 0.29) is 18.9 Å². The molecule has 3 aromatic rings. The second-order valence-electron chi connectivity index (χ2n) is 6.38. The SMILES string of the molecule is O=C(CCNS(=O)(=O)c1ccc(F)c(F)c1)NCCCc1nc2ccccc2[nH]1. The third kappa shape index (κ3) is 5.58. The van der Waals surface area contributed by atoms with Crippen molar-refractivity contribution < 1.29 is 22.0 Å². The summed E-state index contributed by atoms with van der Waals surface area (Å²) in [5, 5.41) is 2.70. The highest BCUT2D eigenvalue weighted by atomic mass is 32.2. The lowest BCUT2D eigenvalue weighted by Crippen LogP contribution is -2.31. The number of nitrogens with zero attached hydrogens (tertiary/aromatic N) is 1. The van der Waals surface area contributed by atoms with Crippen molar-refractivity contribution in [3.63, 3.8) is 0 Å². The lowest BCUT2D eigenvalue weighted by atomic mass is 10.3. The van der Waals surface area contributed by atoms with Crippen LogP contribution in [-0.4, -0.2) is 37.4 Å². The number of amides is 1. The lowest BCUT2D eigenvalue weighted by molar-refractivity contribution is -0.120. The molecule has 0 saturated heterocycles. The second kappa shape index (κ2) is 9.10. The summed E-state index contributed by atoms with van der Waals surface area (Å²) < 4.78 is 52.3. The van der Waals surface area contributed by atoms with Gasteiger partial charge in [0.25, 0.3) is 0 Å². The van der Waals surface area contributed by atoms with Gasteiger partial charge >= 0.3 is 0 Å². The number of halogens is 2. The maximum absolute atomic E-state index is 13.2. The standard InChI is InChI=1S/C19H20F2N4O3S/c20-14-8-7-13(12-15(14)21)29(27,28)23-11-9-19(26)22-10-3-6-18-24-16-4-1-2-5-17(16)25-18/h1-2,4-5,7-8,12,23H,3,6,9-11H2,(H,22,26)(H,24,25). The molecule has 0 fully saturated rings. The predicted octanol–water partition coefficient (Wildman–Crippen LogP) is 2.26. The highest BCUT2D eigenvalue weighted by Gasteiger charge is 2.16. The number of aromatic amines is 1. The zero-order valence-corrected chi connectivity index (χ0v) is 16.2. The third-order valence-corrected chi connectivity index (χ3v) is 5.66. The molecule has 154 valence electrons. The van der Waals surface area contributed by atoms with Crippen molar-refractivity contribution in [3.05, 3.63) is 59.9 Å². The van der Waals surface area contributed by atoms with Crippen LogP contribution in [0, 0.1) is 11.6 Å². The smallest absolute Gasteiger partial charge is 0.240 e. The number of hydrogen-bond acceptors (Lipinski definition) is 4. The number of carbonyl (C=O) groups excluding carboxylic acids is 1. The Morgan fingerprint density at radius 3 is 2.62 bits per heavy atom. The number of sulfonamides is 1. The van der Waals surface area contributed by atoms with E-state index in [9.17, 15) is 22.0 Å². The number of carbonyl (C=O) groups is 1. The van der Waals surface area contributed by atoms with E-state index in [1.807, 2.05) is 24.3 Å². The molecule has 1 heterocycles. The maximum atomic E-state index is 13.2. The van der Waals surface area contributed by atoms with Gasteiger partial charge in [0.1, 0.15) is 5.82 Å². The monoisotopic (exact) mass is 422 g/mol.